The summed E-state index contributed by atoms with van der Waals surface area (Å²) < 4.78 is 62.9. The van der Waals surface area contributed by atoms with Gasteiger partial charge in [-0.1, -0.05) is 12.1 Å². The molecule has 0 aliphatic rings. The van der Waals surface area contributed by atoms with E-state index in [9.17, 15) is 21.9 Å². The third-order valence-corrected chi connectivity index (χ3v) is 5.17. The van der Waals surface area contributed by atoms with E-state index in [1.54, 1.807) is 0 Å². The molecule has 0 unspecified atom stereocenters. The molecule has 0 saturated heterocycles. The Kier molecular flexibility index (Phi) is 3.34. The van der Waals surface area contributed by atoms with Crippen molar-refractivity contribution < 1.29 is 31.0 Å². The fraction of sp³-hybridized carbons (Fsp3) is 0. The Morgan fingerprint density at radius 2 is 1.17 bits per heavy atom. The molecule has 0 fully saturated rings. The lowest BCUT2D eigenvalue weighted by molar-refractivity contribution is 0.479. The average molecular weight is 354 g/mol. The van der Waals surface area contributed by atoms with Crippen LogP contribution in [0.4, 0.5) is 0 Å². The van der Waals surface area contributed by atoms with Crippen LogP contribution in [0.3, 0.4) is 0 Å². The van der Waals surface area contributed by atoms with Crippen LogP contribution < -0.4 is 0 Å². The smallest absolute Gasteiger partial charge is 0.294 e. The van der Waals surface area contributed by atoms with Crippen molar-refractivity contribution in [3.63, 3.8) is 0 Å². The van der Waals surface area contributed by atoms with Gasteiger partial charge in [-0.15, -0.1) is 0 Å². The van der Waals surface area contributed by atoms with Crippen molar-refractivity contribution in [2.75, 3.05) is 0 Å². The van der Waals surface area contributed by atoms with Gasteiger partial charge >= 0.3 is 0 Å². The molecular formula is C14H10O7S2. The quantitative estimate of drug-likeness (QED) is 0.475. The van der Waals surface area contributed by atoms with Gasteiger partial charge in [0.15, 0.2) is 0 Å². The van der Waals surface area contributed by atoms with Gasteiger partial charge in [-0.05, 0) is 46.5 Å². The van der Waals surface area contributed by atoms with Crippen molar-refractivity contribution in [3.8, 4) is 5.75 Å². The highest BCUT2D eigenvalue weighted by molar-refractivity contribution is 7.86. The van der Waals surface area contributed by atoms with Crippen LogP contribution in [0.25, 0.3) is 21.5 Å². The van der Waals surface area contributed by atoms with Gasteiger partial charge in [0.25, 0.3) is 20.2 Å². The normalized spacial score (nSPS) is 12.8. The van der Waals surface area contributed by atoms with Crippen molar-refractivity contribution in [1.82, 2.24) is 0 Å². The standard InChI is InChI=1S/C14H10O7S2/c15-14-6-8-5-9(22(16,17)18)1-3-11(8)12-4-2-10(7-13(12)14)23(19,20)21/h1-7,15H,(H,16,17,18)(H,19,20,21). The molecule has 0 spiro atoms. The van der Waals surface area contributed by atoms with Gasteiger partial charge in [0, 0.05) is 5.39 Å². The summed E-state index contributed by atoms with van der Waals surface area (Å²) in [6.45, 7) is 0. The molecule has 0 radical (unpaired) electrons. The molecule has 0 atom stereocenters. The van der Waals surface area contributed by atoms with Crippen LogP contribution in [0.15, 0.2) is 52.3 Å². The lowest BCUT2D eigenvalue weighted by Gasteiger charge is -2.09. The Balaban J connectivity index is 2.41. The summed E-state index contributed by atoms with van der Waals surface area (Å²) >= 11 is 0. The number of aromatic hydroxyl groups is 1. The van der Waals surface area contributed by atoms with Crippen LogP contribution >= 0.6 is 0 Å². The maximum atomic E-state index is 11.2. The molecule has 3 aromatic rings. The molecule has 3 aromatic carbocycles. The Labute approximate surface area is 131 Å². The van der Waals surface area contributed by atoms with Crippen molar-refractivity contribution in [1.29, 1.82) is 0 Å². The largest absolute Gasteiger partial charge is 0.507 e. The lowest BCUT2D eigenvalue weighted by atomic mass is 10.0. The van der Waals surface area contributed by atoms with Crippen LogP contribution in [0.1, 0.15) is 0 Å². The van der Waals surface area contributed by atoms with Gasteiger partial charge in [0.1, 0.15) is 5.75 Å². The van der Waals surface area contributed by atoms with Gasteiger partial charge in [-0.25, -0.2) is 0 Å². The second-order valence-electron chi connectivity index (χ2n) is 4.94. The maximum Gasteiger partial charge on any atom is 0.294 e. The highest BCUT2D eigenvalue weighted by Gasteiger charge is 2.15. The molecule has 0 amide bonds. The number of phenols is 1. The first-order chi connectivity index (χ1) is 10.6. The zero-order valence-electron chi connectivity index (χ0n) is 11.3. The molecule has 3 N–H and O–H groups in total. The second kappa shape index (κ2) is 4.90. The molecule has 0 aliphatic carbocycles. The van der Waals surface area contributed by atoms with Crippen LogP contribution in [-0.2, 0) is 20.2 Å². The average Bonchev–Trinajstić information content (AvgIpc) is 2.44. The molecule has 3 rings (SSSR count). The van der Waals surface area contributed by atoms with E-state index in [1.807, 2.05) is 0 Å². The fourth-order valence-corrected chi connectivity index (χ4v) is 3.44. The second-order valence-corrected chi connectivity index (χ2v) is 7.78. The summed E-state index contributed by atoms with van der Waals surface area (Å²) in [5.74, 6) is -0.287. The zero-order chi connectivity index (χ0) is 17.0. The topological polar surface area (TPSA) is 129 Å². The monoisotopic (exact) mass is 354 g/mol. The summed E-state index contributed by atoms with van der Waals surface area (Å²) in [6, 6.07) is 8.77. The Hall–Kier alpha value is -2.20. The molecule has 9 heteroatoms. The summed E-state index contributed by atoms with van der Waals surface area (Å²) in [5, 5.41) is 11.6. The molecule has 23 heavy (non-hydrogen) atoms. The molecule has 0 heterocycles. The lowest BCUT2D eigenvalue weighted by Crippen LogP contribution is -1.98. The predicted molar refractivity (Wildman–Crippen MR) is 82.7 cm³/mol. The molecule has 0 bridgehead atoms. The molecule has 120 valence electrons. The third-order valence-electron chi connectivity index (χ3n) is 3.47. The van der Waals surface area contributed by atoms with Crippen molar-refractivity contribution in [2.24, 2.45) is 0 Å². The van der Waals surface area contributed by atoms with E-state index in [2.05, 4.69) is 0 Å². The highest BCUT2D eigenvalue weighted by atomic mass is 32.2. The maximum absolute atomic E-state index is 11.2. The Morgan fingerprint density at radius 1 is 0.652 bits per heavy atom. The predicted octanol–water partition coefficient (Wildman–Crippen LogP) is 2.19. The van der Waals surface area contributed by atoms with Crippen LogP contribution in [0.2, 0.25) is 0 Å². The van der Waals surface area contributed by atoms with Crippen molar-refractivity contribution in [2.45, 2.75) is 9.79 Å². The van der Waals surface area contributed by atoms with E-state index in [1.165, 1.54) is 36.4 Å². The third kappa shape index (κ3) is 2.75. The summed E-state index contributed by atoms with van der Waals surface area (Å²) in [5.41, 5.74) is 0. The first-order valence-corrected chi connectivity index (χ1v) is 9.10. The van der Waals surface area contributed by atoms with Crippen molar-refractivity contribution >= 4 is 41.8 Å². The molecule has 0 aromatic heterocycles. The minimum absolute atomic E-state index is 0.187. The zero-order valence-corrected chi connectivity index (χ0v) is 13.0. The summed E-state index contributed by atoms with van der Waals surface area (Å²) in [7, 11) is -8.79. The van der Waals surface area contributed by atoms with Gasteiger partial charge in [0.05, 0.1) is 9.79 Å². The van der Waals surface area contributed by atoms with Gasteiger partial charge in [-0.3, -0.25) is 9.11 Å². The van der Waals surface area contributed by atoms with Crippen LogP contribution in [0, 0.1) is 0 Å². The minimum atomic E-state index is -4.41. The van der Waals surface area contributed by atoms with Gasteiger partial charge in [0.2, 0.25) is 0 Å². The molecule has 0 saturated carbocycles. The Bertz CT molecular complexity index is 1160. The van der Waals surface area contributed by atoms with Gasteiger partial charge in [-0.2, -0.15) is 16.8 Å². The van der Waals surface area contributed by atoms with E-state index in [0.717, 1.165) is 6.07 Å². The fourth-order valence-electron chi connectivity index (χ4n) is 2.42. The molecular weight excluding hydrogens is 344 g/mol. The SMILES string of the molecule is O=S(=O)(O)c1ccc2c(c1)cc(O)c1cc(S(=O)(=O)O)ccc12. The summed E-state index contributed by atoms with van der Waals surface area (Å²) in [6.07, 6.45) is 0. The van der Waals surface area contributed by atoms with Gasteiger partial charge < -0.3 is 5.11 Å². The number of hydrogen-bond acceptors (Lipinski definition) is 5. The summed E-state index contributed by atoms with van der Waals surface area (Å²) in [4.78, 5) is -0.687. The number of fused-ring (bicyclic) bond motifs is 3. The number of benzene rings is 3. The van der Waals surface area contributed by atoms with E-state index < -0.39 is 20.2 Å². The molecule has 0 aliphatic heterocycles. The van der Waals surface area contributed by atoms with Crippen LogP contribution in [-0.4, -0.2) is 31.0 Å². The number of rotatable bonds is 2. The van der Waals surface area contributed by atoms with E-state index in [-0.39, 0.29) is 20.9 Å². The van der Waals surface area contributed by atoms with E-state index in [0.29, 0.717) is 16.2 Å². The number of phenolic OH excluding ortho intramolecular Hbond substituents is 1. The molecule has 7 nitrogen and oxygen atoms in total. The first kappa shape index (κ1) is 15.7. The highest BCUT2D eigenvalue weighted by Crippen LogP contribution is 2.35. The van der Waals surface area contributed by atoms with E-state index >= 15 is 0 Å². The first-order valence-electron chi connectivity index (χ1n) is 6.22. The van der Waals surface area contributed by atoms with E-state index in [4.69, 9.17) is 9.11 Å². The Morgan fingerprint density at radius 3 is 1.74 bits per heavy atom. The van der Waals surface area contributed by atoms with Crippen LogP contribution in [0.5, 0.6) is 5.75 Å². The minimum Gasteiger partial charge on any atom is -0.507 e. The number of hydrogen-bond donors (Lipinski definition) is 3. The van der Waals surface area contributed by atoms with Crippen molar-refractivity contribution in [3.05, 3.63) is 42.5 Å².